The largest absolute Gasteiger partial charge is 0.360 e. The second-order valence-electron chi connectivity index (χ2n) is 5.07. The zero-order valence-electron chi connectivity index (χ0n) is 11.3. The van der Waals surface area contributed by atoms with E-state index < -0.39 is 0 Å². The van der Waals surface area contributed by atoms with Crippen LogP contribution in [0.15, 0.2) is 66.7 Å². The molecule has 0 saturated heterocycles. The van der Waals surface area contributed by atoms with Gasteiger partial charge in [-0.1, -0.05) is 49.0 Å². The molecule has 1 unspecified atom stereocenters. The molecule has 1 aliphatic rings. The zero-order valence-corrected chi connectivity index (χ0v) is 11.3. The Hall–Kier alpha value is -2.35. The molecule has 20 heavy (non-hydrogen) atoms. The fraction of sp³-hybridized carbons (Fsp3) is 0.167. The standard InChI is InChI=1S/C18H17NO/c1-14(13-20)18-17-10-6-5-7-15(17)11-12-19(18)16-8-3-2-4-9-16/h2-10,13,18H,1,11-12H2. The minimum Gasteiger partial charge on any atom is -0.360 e. The maximum absolute atomic E-state index is 11.3. The van der Waals surface area contributed by atoms with Gasteiger partial charge in [0.1, 0.15) is 6.29 Å². The van der Waals surface area contributed by atoms with Gasteiger partial charge < -0.3 is 4.90 Å². The van der Waals surface area contributed by atoms with E-state index in [2.05, 4.69) is 41.8 Å². The highest BCUT2D eigenvalue weighted by Crippen LogP contribution is 2.36. The zero-order chi connectivity index (χ0) is 13.9. The first-order valence-electron chi connectivity index (χ1n) is 6.84. The summed E-state index contributed by atoms with van der Waals surface area (Å²) in [5, 5.41) is 0. The second kappa shape index (κ2) is 5.33. The molecule has 100 valence electrons. The smallest absolute Gasteiger partial charge is 0.147 e. The van der Waals surface area contributed by atoms with Crippen LogP contribution in [0, 0.1) is 0 Å². The fourth-order valence-corrected chi connectivity index (χ4v) is 2.93. The molecule has 2 aromatic rings. The van der Waals surface area contributed by atoms with Crippen LogP contribution < -0.4 is 4.90 Å². The van der Waals surface area contributed by atoms with Crippen LogP contribution in [0.4, 0.5) is 5.69 Å². The summed E-state index contributed by atoms with van der Waals surface area (Å²) in [5.41, 5.74) is 4.25. The molecule has 2 heteroatoms. The molecule has 0 N–H and O–H groups in total. The Morgan fingerprint density at radius 1 is 1.10 bits per heavy atom. The quantitative estimate of drug-likeness (QED) is 0.623. The van der Waals surface area contributed by atoms with Gasteiger partial charge >= 0.3 is 0 Å². The molecule has 0 fully saturated rings. The number of anilines is 1. The Morgan fingerprint density at radius 3 is 2.55 bits per heavy atom. The van der Waals surface area contributed by atoms with Crippen molar-refractivity contribution < 1.29 is 4.79 Å². The van der Waals surface area contributed by atoms with Crippen LogP contribution in [-0.4, -0.2) is 12.8 Å². The van der Waals surface area contributed by atoms with E-state index in [9.17, 15) is 4.79 Å². The summed E-state index contributed by atoms with van der Waals surface area (Å²) in [7, 11) is 0. The molecule has 3 rings (SSSR count). The van der Waals surface area contributed by atoms with Crippen LogP contribution in [-0.2, 0) is 11.2 Å². The minimum atomic E-state index is -0.0557. The number of aldehydes is 1. The molecule has 2 nitrogen and oxygen atoms in total. The van der Waals surface area contributed by atoms with Crippen LogP contribution in [0.5, 0.6) is 0 Å². The van der Waals surface area contributed by atoms with Crippen molar-refractivity contribution in [1.29, 1.82) is 0 Å². The van der Waals surface area contributed by atoms with Crippen molar-refractivity contribution >= 4 is 12.0 Å². The number of para-hydroxylation sites is 1. The normalized spacial score (nSPS) is 17.4. The van der Waals surface area contributed by atoms with Gasteiger partial charge in [-0.3, -0.25) is 4.79 Å². The van der Waals surface area contributed by atoms with E-state index in [1.165, 1.54) is 11.1 Å². The Labute approximate surface area is 119 Å². The second-order valence-corrected chi connectivity index (χ2v) is 5.07. The van der Waals surface area contributed by atoms with Gasteiger partial charge in [0.05, 0.1) is 6.04 Å². The molecule has 0 aromatic heterocycles. The number of hydrogen-bond acceptors (Lipinski definition) is 2. The summed E-state index contributed by atoms with van der Waals surface area (Å²) in [6, 6.07) is 18.5. The molecule has 0 bridgehead atoms. The lowest BCUT2D eigenvalue weighted by Gasteiger charge is -2.39. The van der Waals surface area contributed by atoms with Crippen LogP contribution in [0.2, 0.25) is 0 Å². The summed E-state index contributed by atoms with van der Waals surface area (Å²) in [5.74, 6) is 0. The predicted molar refractivity (Wildman–Crippen MR) is 81.9 cm³/mol. The van der Waals surface area contributed by atoms with Crippen molar-refractivity contribution in [1.82, 2.24) is 0 Å². The summed E-state index contributed by atoms with van der Waals surface area (Å²) in [4.78, 5) is 13.5. The summed E-state index contributed by atoms with van der Waals surface area (Å²) >= 11 is 0. The van der Waals surface area contributed by atoms with E-state index in [1.54, 1.807) is 0 Å². The van der Waals surface area contributed by atoms with E-state index in [-0.39, 0.29) is 6.04 Å². The minimum absolute atomic E-state index is 0.0557. The Kier molecular flexibility index (Phi) is 3.38. The number of carbonyl (C=O) groups is 1. The van der Waals surface area contributed by atoms with Gasteiger partial charge in [-0.05, 0) is 29.7 Å². The highest BCUT2D eigenvalue weighted by Gasteiger charge is 2.29. The van der Waals surface area contributed by atoms with Crippen molar-refractivity contribution in [2.75, 3.05) is 11.4 Å². The highest BCUT2D eigenvalue weighted by molar-refractivity contribution is 5.77. The number of benzene rings is 2. The van der Waals surface area contributed by atoms with Crippen molar-refractivity contribution in [2.24, 2.45) is 0 Å². The SMILES string of the molecule is C=C(C=O)C1c2ccccc2CCN1c1ccccc1. The lowest BCUT2D eigenvalue weighted by atomic mass is 9.88. The van der Waals surface area contributed by atoms with Crippen molar-refractivity contribution in [2.45, 2.75) is 12.5 Å². The third-order valence-electron chi connectivity index (χ3n) is 3.87. The third-order valence-corrected chi connectivity index (χ3v) is 3.87. The van der Waals surface area contributed by atoms with Crippen LogP contribution in [0.1, 0.15) is 17.2 Å². The third kappa shape index (κ3) is 2.14. The first-order valence-corrected chi connectivity index (χ1v) is 6.84. The summed E-state index contributed by atoms with van der Waals surface area (Å²) in [6.07, 6.45) is 1.87. The molecule has 0 saturated carbocycles. The molecule has 1 aliphatic heterocycles. The van der Waals surface area contributed by atoms with E-state index >= 15 is 0 Å². The molecule has 2 aromatic carbocycles. The van der Waals surface area contributed by atoms with Gasteiger partial charge in [0.15, 0.2) is 0 Å². The monoisotopic (exact) mass is 263 g/mol. The lowest BCUT2D eigenvalue weighted by molar-refractivity contribution is -0.105. The molecule has 0 radical (unpaired) electrons. The molecule has 0 amide bonds. The molecule has 1 heterocycles. The average Bonchev–Trinajstić information content (AvgIpc) is 2.54. The van der Waals surface area contributed by atoms with Crippen molar-refractivity contribution in [3.8, 4) is 0 Å². The maximum Gasteiger partial charge on any atom is 0.147 e. The predicted octanol–water partition coefficient (Wildman–Crippen LogP) is 3.55. The van der Waals surface area contributed by atoms with Crippen molar-refractivity contribution in [3.05, 3.63) is 77.9 Å². The average molecular weight is 263 g/mol. The van der Waals surface area contributed by atoms with E-state index in [4.69, 9.17) is 0 Å². The van der Waals surface area contributed by atoms with Crippen LogP contribution >= 0.6 is 0 Å². The highest BCUT2D eigenvalue weighted by atomic mass is 16.1. The van der Waals surface area contributed by atoms with Gasteiger partial charge in [0, 0.05) is 17.8 Å². The Bertz CT molecular complexity index is 633. The number of nitrogens with zero attached hydrogens (tertiary/aromatic N) is 1. The van der Waals surface area contributed by atoms with E-state index in [1.807, 2.05) is 24.3 Å². The molecule has 0 spiro atoms. The summed E-state index contributed by atoms with van der Waals surface area (Å²) in [6.45, 7) is 4.86. The van der Waals surface area contributed by atoms with Gasteiger partial charge in [-0.2, -0.15) is 0 Å². The molecular formula is C18H17NO. The first-order chi connectivity index (χ1) is 9.81. The van der Waals surface area contributed by atoms with Gasteiger partial charge in [0.2, 0.25) is 0 Å². The number of fused-ring (bicyclic) bond motifs is 1. The molecule has 1 atom stereocenters. The van der Waals surface area contributed by atoms with Crippen LogP contribution in [0.25, 0.3) is 0 Å². The maximum atomic E-state index is 11.3. The van der Waals surface area contributed by atoms with Gasteiger partial charge in [-0.25, -0.2) is 0 Å². The lowest BCUT2D eigenvalue weighted by Crippen LogP contribution is -2.36. The van der Waals surface area contributed by atoms with E-state index in [0.29, 0.717) is 5.57 Å². The summed E-state index contributed by atoms with van der Waals surface area (Å²) < 4.78 is 0. The van der Waals surface area contributed by atoms with Gasteiger partial charge in [-0.15, -0.1) is 0 Å². The topological polar surface area (TPSA) is 20.3 Å². The molecular weight excluding hydrogens is 246 g/mol. The number of hydrogen-bond donors (Lipinski definition) is 0. The first kappa shape index (κ1) is 12.7. The van der Waals surface area contributed by atoms with Gasteiger partial charge in [0.25, 0.3) is 0 Å². The van der Waals surface area contributed by atoms with E-state index in [0.717, 1.165) is 24.9 Å². The number of carbonyl (C=O) groups excluding carboxylic acids is 1. The Morgan fingerprint density at radius 2 is 1.80 bits per heavy atom. The molecule has 0 aliphatic carbocycles. The fourth-order valence-electron chi connectivity index (χ4n) is 2.93. The van der Waals surface area contributed by atoms with Crippen LogP contribution in [0.3, 0.4) is 0 Å². The Balaban J connectivity index is 2.08. The number of rotatable bonds is 3. The van der Waals surface area contributed by atoms with Crippen molar-refractivity contribution in [3.63, 3.8) is 0 Å².